The highest BCUT2D eigenvalue weighted by Crippen LogP contribution is 2.34. The Morgan fingerprint density at radius 2 is 2.05 bits per heavy atom. The normalized spacial score (nSPS) is 15.0. The van der Waals surface area contributed by atoms with Gasteiger partial charge in [0.25, 0.3) is 0 Å². The molecule has 1 unspecified atom stereocenters. The molecule has 1 aliphatic rings. The fourth-order valence-corrected chi connectivity index (χ4v) is 3.86. The molecule has 21 heavy (non-hydrogen) atoms. The van der Waals surface area contributed by atoms with Gasteiger partial charge in [0.05, 0.1) is 12.5 Å². The number of benzene rings is 2. The van der Waals surface area contributed by atoms with Crippen LogP contribution in [0.4, 0.5) is 5.69 Å². The van der Waals surface area contributed by atoms with Crippen LogP contribution in [0, 0.1) is 0 Å². The topological polar surface area (TPSA) is 55.1 Å². The van der Waals surface area contributed by atoms with Crippen LogP contribution in [0.1, 0.15) is 22.7 Å². The molecule has 3 N–H and O–H groups in total. The fourth-order valence-electron chi connectivity index (χ4n) is 2.86. The number of amides is 1. The van der Waals surface area contributed by atoms with Crippen molar-refractivity contribution < 1.29 is 4.79 Å². The van der Waals surface area contributed by atoms with Gasteiger partial charge < -0.3 is 11.1 Å². The van der Waals surface area contributed by atoms with Crippen LogP contribution in [0.3, 0.4) is 0 Å². The Bertz CT molecular complexity index is 853. The number of nitrogens with one attached hydrogen (secondary N) is 1. The number of anilines is 1. The maximum Gasteiger partial charge on any atom is 0.228 e. The van der Waals surface area contributed by atoms with Gasteiger partial charge in [0.1, 0.15) is 0 Å². The lowest BCUT2D eigenvalue weighted by Crippen LogP contribution is -2.11. The molecule has 0 saturated carbocycles. The van der Waals surface area contributed by atoms with E-state index in [-0.39, 0.29) is 11.9 Å². The van der Waals surface area contributed by atoms with Crippen LogP contribution < -0.4 is 11.1 Å². The van der Waals surface area contributed by atoms with Crippen molar-refractivity contribution in [3.8, 4) is 0 Å². The highest BCUT2D eigenvalue weighted by molar-refractivity contribution is 7.17. The number of nitrogens with two attached hydrogens (primary N) is 1. The summed E-state index contributed by atoms with van der Waals surface area (Å²) in [4.78, 5) is 11.4. The molecule has 4 rings (SSSR count). The Kier molecular flexibility index (Phi) is 2.80. The molecule has 2 aromatic carbocycles. The van der Waals surface area contributed by atoms with E-state index in [2.05, 4.69) is 22.8 Å². The SMILES string of the molecule is NC(c1ccc2c(c1)CC(=O)N2)c1csc2ccccc12. The molecule has 0 bridgehead atoms. The van der Waals surface area contributed by atoms with Gasteiger partial charge in [-0.2, -0.15) is 0 Å². The first-order valence-electron chi connectivity index (χ1n) is 6.87. The molecule has 1 aliphatic heterocycles. The minimum Gasteiger partial charge on any atom is -0.326 e. The van der Waals surface area contributed by atoms with Crippen molar-refractivity contribution in [1.29, 1.82) is 0 Å². The van der Waals surface area contributed by atoms with Crippen LogP contribution >= 0.6 is 11.3 Å². The van der Waals surface area contributed by atoms with Crippen LogP contribution in [-0.2, 0) is 11.2 Å². The number of carbonyl (C=O) groups is 1. The van der Waals surface area contributed by atoms with Crippen LogP contribution in [0.5, 0.6) is 0 Å². The molecule has 1 amide bonds. The first kappa shape index (κ1) is 12.6. The molecule has 2 heterocycles. The van der Waals surface area contributed by atoms with E-state index in [4.69, 9.17) is 5.73 Å². The molecular weight excluding hydrogens is 280 g/mol. The summed E-state index contributed by atoms with van der Waals surface area (Å²) in [7, 11) is 0. The van der Waals surface area contributed by atoms with Gasteiger partial charge in [-0.15, -0.1) is 11.3 Å². The van der Waals surface area contributed by atoms with Crippen molar-refractivity contribution >= 4 is 33.0 Å². The van der Waals surface area contributed by atoms with Crippen LogP contribution in [0.25, 0.3) is 10.1 Å². The number of rotatable bonds is 2. The summed E-state index contributed by atoms with van der Waals surface area (Å²) in [5.41, 5.74) is 10.6. The highest BCUT2D eigenvalue weighted by Gasteiger charge is 2.20. The van der Waals surface area contributed by atoms with E-state index >= 15 is 0 Å². The van der Waals surface area contributed by atoms with Crippen molar-refractivity contribution in [2.75, 3.05) is 5.32 Å². The van der Waals surface area contributed by atoms with Gasteiger partial charge in [0.15, 0.2) is 0 Å². The first-order chi connectivity index (χ1) is 10.2. The monoisotopic (exact) mass is 294 g/mol. The lowest BCUT2D eigenvalue weighted by Gasteiger charge is -2.13. The number of hydrogen-bond donors (Lipinski definition) is 2. The molecule has 1 aromatic heterocycles. The van der Waals surface area contributed by atoms with E-state index in [1.807, 2.05) is 30.3 Å². The third kappa shape index (κ3) is 2.04. The Balaban J connectivity index is 1.77. The Morgan fingerprint density at radius 1 is 1.19 bits per heavy atom. The predicted molar refractivity (Wildman–Crippen MR) is 86.6 cm³/mol. The van der Waals surface area contributed by atoms with Gasteiger partial charge in [0.2, 0.25) is 5.91 Å². The van der Waals surface area contributed by atoms with E-state index in [9.17, 15) is 4.79 Å². The molecule has 0 radical (unpaired) electrons. The number of carbonyl (C=O) groups excluding carboxylic acids is 1. The third-order valence-corrected chi connectivity index (χ3v) is 4.94. The molecule has 3 nitrogen and oxygen atoms in total. The van der Waals surface area contributed by atoms with Crippen molar-refractivity contribution in [1.82, 2.24) is 0 Å². The predicted octanol–water partition coefficient (Wildman–Crippen LogP) is 3.44. The summed E-state index contributed by atoms with van der Waals surface area (Å²) >= 11 is 1.72. The molecular formula is C17H14N2OS. The molecule has 0 fully saturated rings. The van der Waals surface area contributed by atoms with Gasteiger partial charge in [0, 0.05) is 10.4 Å². The maximum absolute atomic E-state index is 11.4. The lowest BCUT2D eigenvalue weighted by molar-refractivity contribution is -0.115. The third-order valence-electron chi connectivity index (χ3n) is 3.96. The van der Waals surface area contributed by atoms with Crippen LogP contribution in [0.15, 0.2) is 47.8 Å². The summed E-state index contributed by atoms with van der Waals surface area (Å²) in [6.07, 6.45) is 0.445. The molecule has 104 valence electrons. The molecule has 1 atom stereocenters. The summed E-state index contributed by atoms with van der Waals surface area (Å²) in [6, 6.07) is 14.1. The Hall–Kier alpha value is -2.17. The number of thiophene rings is 1. The van der Waals surface area contributed by atoms with E-state index in [0.29, 0.717) is 6.42 Å². The number of hydrogen-bond acceptors (Lipinski definition) is 3. The average Bonchev–Trinajstić information content (AvgIpc) is 3.07. The molecule has 4 heteroatoms. The first-order valence-corrected chi connectivity index (χ1v) is 7.75. The second-order valence-corrected chi connectivity index (χ2v) is 6.22. The van der Waals surface area contributed by atoms with Gasteiger partial charge in [-0.25, -0.2) is 0 Å². The Labute approximate surface area is 126 Å². The number of fused-ring (bicyclic) bond motifs is 2. The second-order valence-electron chi connectivity index (χ2n) is 5.31. The Morgan fingerprint density at radius 3 is 2.95 bits per heavy atom. The van der Waals surface area contributed by atoms with Crippen molar-refractivity contribution in [2.24, 2.45) is 5.73 Å². The van der Waals surface area contributed by atoms with Gasteiger partial charge >= 0.3 is 0 Å². The minimum atomic E-state index is -0.165. The van der Waals surface area contributed by atoms with Crippen molar-refractivity contribution in [3.63, 3.8) is 0 Å². The molecule has 3 aromatic rings. The van der Waals surface area contributed by atoms with E-state index in [1.54, 1.807) is 11.3 Å². The highest BCUT2D eigenvalue weighted by atomic mass is 32.1. The largest absolute Gasteiger partial charge is 0.326 e. The molecule has 0 spiro atoms. The fraction of sp³-hybridized carbons (Fsp3) is 0.118. The van der Waals surface area contributed by atoms with Gasteiger partial charge in [-0.05, 0) is 39.6 Å². The smallest absolute Gasteiger partial charge is 0.228 e. The van der Waals surface area contributed by atoms with Crippen LogP contribution in [-0.4, -0.2) is 5.91 Å². The summed E-state index contributed by atoms with van der Waals surface area (Å²) in [5, 5.41) is 6.19. The summed E-state index contributed by atoms with van der Waals surface area (Å²) in [5.74, 6) is 0.0525. The zero-order valence-corrected chi connectivity index (χ0v) is 12.1. The standard InChI is InChI=1S/C17H14N2OS/c18-17(13-9-21-15-4-2-1-3-12(13)15)10-5-6-14-11(7-10)8-16(20)19-14/h1-7,9,17H,8,18H2,(H,19,20). The zero-order valence-electron chi connectivity index (χ0n) is 11.3. The average molecular weight is 294 g/mol. The van der Waals surface area contributed by atoms with Gasteiger partial charge in [-0.3, -0.25) is 4.79 Å². The van der Waals surface area contributed by atoms with E-state index < -0.39 is 0 Å². The summed E-state index contributed by atoms with van der Waals surface area (Å²) in [6.45, 7) is 0. The van der Waals surface area contributed by atoms with E-state index in [1.165, 1.54) is 10.1 Å². The molecule has 0 aliphatic carbocycles. The summed E-state index contributed by atoms with van der Waals surface area (Å²) < 4.78 is 1.25. The van der Waals surface area contributed by atoms with Crippen molar-refractivity contribution in [3.05, 3.63) is 64.5 Å². The lowest BCUT2D eigenvalue weighted by atomic mass is 9.97. The molecule has 0 saturated heterocycles. The quantitative estimate of drug-likeness (QED) is 0.760. The second kappa shape index (κ2) is 4.69. The maximum atomic E-state index is 11.4. The minimum absolute atomic E-state index is 0.0525. The van der Waals surface area contributed by atoms with Crippen LogP contribution in [0.2, 0.25) is 0 Å². The van der Waals surface area contributed by atoms with E-state index in [0.717, 1.165) is 22.4 Å². The zero-order chi connectivity index (χ0) is 14.4. The van der Waals surface area contributed by atoms with Gasteiger partial charge in [-0.1, -0.05) is 30.3 Å². The van der Waals surface area contributed by atoms with Crippen molar-refractivity contribution in [2.45, 2.75) is 12.5 Å².